The quantitative estimate of drug-likeness (QED) is 0.330. The maximum absolute atomic E-state index is 12.6. The van der Waals surface area contributed by atoms with Crippen LogP contribution in [0.25, 0.3) is 0 Å². The van der Waals surface area contributed by atoms with Gasteiger partial charge in [-0.2, -0.15) is 18.3 Å². The first-order valence-electron chi connectivity index (χ1n) is 8.67. The van der Waals surface area contributed by atoms with Gasteiger partial charge in [-0.3, -0.25) is 0 Å². The number of nitrogens with zero attached hydrogens (tertiary/aromatic N) is 3. The molecule has 0 fully saturated rings. The lowest BCUT2D eigenvalue weighted by molar-refractivity contribution is -0.137. The molecule has 0 aromatic heterocycles. The van der Waals surface area contributed by atoms with Crippen molar-refractivity contribution in [2.75, 3.05) is 7.11 Å². The summed E-state index contributed by atoms with van der Waals surface area (Å²) in [6, 6.07) is 13.2. The van der Waals surface area contributed by atoms with E-state index in [2.05, 4.69) is 10.3 Å². The predicted molar refractivity (Wildman–Crippen MR) is 100 cm³/mol. The lowest BCUT2D eigenvalue weighted by atomic mass is 10.1. The van der Waals surface area contributed by atoms with Crippen molar-refractivity contribution in [2.45, 2.75) is 25.7 Å². The molecule has 2 aromatic rings. The molecule has 1 unspecified atom stereocenters. The Kier molecular flexibility index (Phi) is 5.97. The summed E-state index contributed by atoms with van der Waals surface area (Å²) in [5, 5.41) is 9.73. The summed E-state index contributed by atoms with van der Waals surface area (Å²) in [4.78, 5) is 16.9. The molecule has 6 nitrogen and oxygen atoms in total. The highest BCUT2D eigenvalue weighted by atomic mass is 19.4. The van der Waals surface area contributed by atoms with Gasteiger partial charge < -0.3 is 9.57 Å². The van der Waals surface area contributed by atoms with Crippen LogP contribution >= 0.6 is 0 Å². The van der Waals surface area contributed by atoms with Crippen LogP contribution in [-0.4, -0.2) is 35.9 Å². The van der Waals surface area contributed by atoms with Crippen LogP contribution in [-0.2, 0) is 15.8 Å². The van der Waals surface area contributed by atoms with Crippen LogP contribution in [0.2, 0.25) is 0 Å². The van der Waals surface area contributed by atoms with E-state index in [0.717, 1.165) is 35.5 Å². The normalized spacial score (nSPS) is 17.3. The van der Waals surface area contributed by atoms with Crippen molar-refractivity contribution in [3.63, 3.8) is 0 Å². The van der Waals surface area contributed by atoms with Gasteiger partial charge in [0.15, 0.2) is 12.1 Å². The first-order chi connectivity index (χ1) is 13.8. The number of hydrogen-bond acceptors (Lipinski definition) is 5. The fourth-order valence-corrected chi connectivity index (χ4v) is 2.75. The monoisotopic (exact) mass is 405 g/mol. The Labute approximate surface area is 165 Å². The van der Waals surface area contributed by atoms with E-state index in [9.17, 15) is 18.0 Å². The number of carbonyl (C=O) groups is 1. The van der Waals surface area contributed by atoms with Gasteiger partial charge in [0, 0.05) is 13.5 Å². The van der Waals surface area contributed by atoms with Crippen molar-refractivity contribution in [3.05, 3.63) is 71.3 Å². The number of alkyl halides is 3. The number of benzene rings is 2. The van der Waals surface area contributed by atoms with Gasteiger partial charge in [0.05, 0.1) is 16.8 Å². The molecule has 152 valence electrons. The molecular weight excluding hydrogens is 387 g/mol. The summed E-state index contributed by atoms with van der Waals surface area (Å²) in [5.74, 6) is -0.610. The summed E-state index contributed by atoms with van der Waals surface area (Å²) in [6.07, 6.45) is -4.38. The van der Waals surface area contributed by atoms with Gasteiger partial charge in [0.1, 0.15) is 0 Å². The Morgan fingerprint density at radius 2 is 1.79 bits per heavy atom. The Morgan fingerprint density at radius 3 is 2.38 bits per heavy atom. The fraction of sp³-hybridized carbons (Fsp3) is 0.250. The van der Waals surface area contributed by atoms with Crippen molar-refractivity contribution in [1.82, 2.24) is 5.01 Å². The van der Waals surface area contributed by atoms with Gasteiger partial charge >= 0.3 is 12.1 Å². The number of ether oxygens (including phenoxy) is 1. The van der Waals surface area contributed by atoms with Crippen molar-refractivity contribution >= 4 is 17.5 Å². The summed E-state index contributed by atoms with van der Waals surface area (Å²) >= 11 is 0. The molecule has 0 amide bonds. The molecule has 0 bridgehead atoms. The van der Waals surface area contributed by atoms with Crippen LogP contribution in [0.3, 0.4) is 0 Å². The standard InChI is InChI=1S/C20H18F3N3O3/c1-13(25-29-19(27)15-8-10-16(11-9-15)20(21,22)23)26-18(28-2)12-17(24-26)14-6-4-3-5-7-14/h3-11,18H,12H2,1-2H3/b25-13-. The molecule has 1 atom stereocenters. The zero-order valence-corrected chi connectivity index (χ0v) is 15.7. The highest BCUT2D eigenvalue weighted by molar-refractivity contribution is 6.03. The molecule has 0 aliphatic carbocycles. The summed E-state index contributed by atoms with van der Waals surface area (Å²) in [6.45, 7) is 1.59. The second-order valence-corrected chi connectivity index (χ2v) is 6.24. The van der Waals surface area contributed by atoms with Crippen LogP contribution in [0.4, 0.5) is 13.2 Å². The molecule has 0 radical (unpaired) electrons. The summed E-state index contributed by atoms with van der Waals surface area (Å²) < 4.78 is 43.2. The molecule has 0 spiro atoms. The van der Waals surface area contributed by atoms with Gasteiger partial charge in [-0.15, -0.1) is 0 Å². The Balaban J connectivity index is 1.71. The number of methoxy groups -OCH3 is 1. The lowest BCUT2D eigenvalue weighted by Crippen LogP contribution is -2.32. The fourth-order valence-electron chi connectivity index (χ4n) is 2.75. The Hall–Kier alpha value is -3.20. The average molecular weight is 405 g/mol. The maximum atomic E-state index is 12.6. The van der Waals surface area contributed by atoms with E-state index in [-0.39, 0.29) is 11.4 Å². The molecule has 29 heavy (non-hydrogen) atoms. The number of amidine groups is 1. The Morgan fingerprint density at radius 1 is 1.14 bits per heavy atom. The molecule has 0 saturated heterocycles. The molecule has 1 aliphatic heterocycles. The van der Waals surface area contributed by atoms with E-state index >= 15 is 0 Å². The van der Waals surface area contributed by atoms with Crippen molar-refractivity contribution in [2.24, 2.45) is 10.3 Å². The van der Waals surface area contributed by atoms with E-state index in [1.165, 1.54) is 12.1 Å². The lowest BCUT2D eigenvalue weighted by Gasteiger charge is -2.20. The van der Waals surface area contributed by atoms with Crippen LogP contribution in [0.5, 0.6) is 0 Å². The molecule has 3 rings (SSSR count). The third-order valence-electron chi connectivity index (χ3n) is 4.29. The molecule has 0 N–H and O–H groups in total. The molecule has 2 aromatic carbocycles. The second-order valence-electron chi connectivity index (χ2n) is 6.24. The zero-order chi connectivity index (χ0) is 21.0. The van der Waals surface area contributed by atoms with E-state index in [1.807, 2.05) is 30.3 Å². The zero-order valence-electron chi connectivity index (χ0n) is 15.7. The number of oxime groups is 1. The largest absolute Gasteiger partial charge is 0.416 e. The number of hydrazone groups is 1. The van der Waals surface area contributed by atoms with Crippen LogP contribution in [0.15, 0.2) is 64.9 Å². The van der Waals surface area contributed by atoms with Crippen LogP contribution in [0, 0.1) is 0 Å². The van der Waals surface area contributed by atoms with Gasteiger partial charge in [-0.1, -0.05) is 35.5 Å². The highest BCUT2D eigenvalue weighted by Gasteiger charge is 2.31. The predicted octanol–water partition coefficient (Wildman–Crippen LogP) is 4.28. The third kappa shape index (κ3) is 4.80. The van der Waals surface area contributed by atoms with Crippen molar-refractivity contribution in [3.8, 4) is 0 Å². The number of carbonyl (C=O) groups excluding carboxylic acids is 1. The second kappa shape index (κ2) is 8.44. The first-order valence-corrected chi connectivity index (χ1v) is 8.67. The minimum Gasteiger partial charge on any atom is -0.359 e. The van der Waals surface area contributed by atoms with Crippen molar-refractivity contribution < 1.29 is 27.5 Å². The molecule has 0 saturated carbocycles. The van der Waals surface area contributed by atoms with Gasteiger partial charge in [0.25, 0.3) is 0 Å². The smallest absolute Gasteiger partial charge is 0.359 e. The number of halogens is 3. The molecule has 1 heterocycles. The Bertz CT molecular complexity index is 925. The first kappa shape index (κ1) is 20.5. The number of hydrogen-bond donors (Lipinski definition) is 0. The molecular formula is C20H18F3N3O3. The highest BCUT2D eigenvalue weighted by Crippen LogP contribution is 2.29. The van der Waals surface area contributed by atoms with Crippen molar-refractivity contribution in [1.29, 1.82) is 0 Å². The van der Waals surface area contributed by atoms with Crippen LogP contribution in [0.1, 0.15) is 34.8 Å². The maximum Gasteiger partial charge on any atom is 0.416 e. The summed E-state index contributed by atoms with van der Waals surface area (Å²) in [5.41, 5.74) is 0.830. The minimum atomic E-state index is -4.48. The van der Waals surface area contributed by atoms with E-state index in [1.54, 1.807) is 6.92 Å². The van der Waals surface area contributed by atoms with Gasteiger partial charge in [-0.05, 0) is 36.8 Å². The number of rotatable bonds is 4. The average Bonchev–Trinajstić information content (AvgIpc) is 3.16. The van der Waals surface area contributed by atoms with Crippen LogP contribution < -0.4 is 0 Å². The minimum absolute atomic E-state index is 0.0484. The van der Waals surface area contributed by atoms with Gasteiger partial charge in [0.2, 0.25) is 0 Å². The molecule has 9 heteroatoms. The molecule has 1 aliphatic rings. The summed E-state index contributed by atoms with van der Waals surface area (Å²) in [7, 11) is 1.53. The van der Waals surface area contributed by atoms with E-state index < -0.39 is 23.9 Å². The van der Waals surface area contributed by atoms with E-state index in [4.69, 9.17) is 9.57 Å². The van der Waals surface area contributed by atoms with E-state index in [0.29, 0.717) is 6.42 Å². The van der Waals surface area contributed by atoms with Gasteiger partial charge in [-0.25, -0.2) is 9.80 Å². The third-order valence-corrected chi connectivity index (χ3v) is 4.29. The topological polar surface area (TPSA) is 63.5 Å². The SMILES string of the molecule is COC1CC(c2ccccc2)=NN1/C(C)=N\OC(=O)c1ccc(C(F)(F)F)cc1.